The third-order valence-corrected chi connectivity index (χ3v) is 4.03. The van der Waals surface area contributed by atoms with Gasteiger partial charge < -0.3 is 16.0 Å². The number of carbonyl (C=O) groups is 1. The van der Waals surface area contributed by atoms with Crippen LogP contribution in [0.5, 0.6) is 0 Å². The van der Waals surface area contributed by atoms with Crippen molar-refractivity contribution in [1.29, 1.82) is 0 Å². The van der Waals surface area contributed by atoms with E-state index < -0.39 is 17.6 Å². The summed E-state index contributed by atoms with van der Waals surface area (Å²) in [5, 5.41) is 8.86. The van der Waals surface area contributed by atoms with Crippen molar-refractivity contribution in [2.45, 2.75) is 19.5 Å². The fraction of sp³-hybridized carbons (Fsp3) is 0.368. The number of amides is 1. The van der Waals surface area contributed by atoms with Crippen molar-refractivity contribution in [3.05, 3.63) is 53.7 Å². The molecule has 1 unspecified atom stereocenters. The number of hydrogen-bond acceptors (Lipinski definition) is 4. The molecule has 1 aromatic heterocycles. The topological polar surface area (TPSA) is 66.0 Å². The van der Waals surface area contributed by atoms with E-state index >= 15 is 0 Å². The van der Waals surface area contributed by atoms with Crippen molar-refractivity contribution < 1.29 is 18.0 Å². The summed E-state index contributed by atoms with van der Waals surface area (Å²) >= 11 is 0. The number of nitrogens with one attached hydrogen (secondary N) is 3. The van der Waals surface area contributed by atoms with Gasteiger partial charge in [0.1, 0.15) is 5.82 Å². The van der Waals surface area contributed by atoms with Crippen LogP contribution < -0.4 is 16.0 Å². The third kappa shape index (κ3) is 6.25. The fourth-order valence-corrected chi connectivity index (χ4v) is 2.43. The van der Waals surface area contributed by atoms with Gasteiger partial charge in [-0.05, 0) is 62.3 Å². The highest BCUT2D eigenvalue weighted by molar-refractivity contribution is 6.07. The molecule has 0 spiro atoms. The van der Waals surface area contributed by atoms with Crippen LogP contribution in [0.1, 0.15) is 29.3 Å². The Balaban J connectivity index is 2.04. The predicted molar refractivity (Wildman–Crippen MR) is 99.8 cm³/mol. The Kier molecular flexibility index (Phi) is 7.18. The molecule has 0 saturated heterocycles. The summed E-state index contributed by atoms with van der Waals surface area (Å²) in [4.78, 5) is 16.7. The van der Waals surface area contributed by atoms with Crippen LogP contribution in [0, 0.1) is 5.92 Å². The minimum absolute atomic E-state index is 0.283. The molecule has 0 radical (unpaired) electrons. The highest BCUT2D eigenvalue weighted by atomic mass is 19.4. The van der Waals surface area contributed by atoms with Crippen LogP contribution in [0.4, 0.5) is 24.7 Å². The van der Waals surface area contributed by atoms with Crippen LogP contribution in [0.3, 0.4) is 0 Å². The lowest BCUT2D eigenvalue weighted by Gasteiger charge is -2.15. The van der Waals surface area contributed by atoms with E-state index in [0.717, 1.165) is 25.1 Å². The molecule has 0 aliphatic rings. The van der Waals surface area contributed by atoms with E-state index in [9.17, 15) is 18.0 Å². The van der Waals surface area contributed by atoms with Crippen molar-refractivity contribution >= 4 is 17.4 Å². The first-order chi connectivity index (χ1) is 12.8. The Hall–Kier alpha value is -2.61. The number of halogens is 3. The number of aromatic nitrogens is 1. The standard InChI is InChI=1S/C19H23F3N4O/c1-13(9-11-23-2)12-25-17-16(4-3-10-24-17)18(27)26-15-7-5-14(6-8-15)19(20,21)22/h3-8,10,13,23H,9,11-12H2,1-2H3,(H,24,25)(H,26,27). The Bertz CT molecular complexity index is 747. The van der Waals surface area contributed by atoms with Crippen molar-refractivity contribution in [3.8, 4) is 0 Å². The number of rotatable bonds is 8. The fourth-order valence-electron chi connectivity index (χ4n) is 2.43. The number of carbonyl (C=O) groups excluding carboxylic acids is 1. The normalized spacial score (nSPS) is 12.5. The molecule has 1 amide bonds. The van der Waals surface area contributed by atoms with Crippen LogP contribution >= 0.6 is 0 Å². The summed E-state index contributed by atoms with van der Waals surface area (Å²) < 4.78 is 37.9. The van der Waals surface area contributed by atoms with Crippen LogP contribution in [0.25, 0.3) is 0 Å². The van der Waals surface area contributed by atoms with Crippen molar-refractivity contribution in [2.24, 2.45) is 5.92 Å². The second-order valence-corrected chi connectivity index (χ2v) is 6.31. The van der Waals surface area contributed by atoms with Gasteiger partial charge >= 0.3 is 6.18 Å². The Morgan fingerprint density at radius 3 is 2.52 bits per heavy atom. The first kappa shape index (κ1) is 20.7. The number of benzene rings is 1. The molecule has 0 aliphatic carbocycles. The molecule has 0 saturated carbocycles. The van der Waals surface area contributed by atoms with Crippen molar-refractivity contribution in [3.63, 3.8) is 0 Å². The lowest BCUT2D eigenvalue weighted by atomic mass is 10.1. The van der Waals surface area contributed by atoms with Crippen molar-refractivity contribution in [2.75, 3.05) is 30.8 Å². The second kappa shape index (κ2) is 9.36. The van der Waals surface area contributed by atoms with E-state index in [1.807, 2.05) is 7.05 Å². The Morgan fingerprint density at radius 2 is 1.89 bits per heavy atom. The minimum Gasteiger partial charge on any atom is -0.369 e. The number of pyridine rings is 1. The van der Waals surface area contributed by atoms with Gasteiger partial charge in [-0.3, -0.25) is 4.79 Å². The molecule has 146 valence electrons. The van der Waals surface area contributed by atoms with E-state index in [-0.39, 0.29) is 5.69 Å². The Labute approximate surface area is 156 Å². The first-order valence-corrected chi connectivity index (χ1v) is 8.63. The SMILES string of the molecule is CNCCC(C)CNc1ncccc1C(=O)Nc1ccc(C(F)(F)F)cc1. The van der Waals surface area contributed by atoms with Gasteiger partial charge in [-0.15, -0.1) is 0 Å². The molecular weight excluding hydrogens is 357 g/mol. The Morgan fingerprint density at radius 1 is 1.19 bits per heavy atom. The van der Waals surface area contributed by atoms with Gasteiger partial charge in [0.05, 0.1) is 11.1 Å². The average Bonchev–Trinajstić information content (AvgIpc) is 2.64. The van der Waals surface area contributed by atoms with E-state index in [1.165, 1.54) is 12.1 Å². The second-order valence-electron chi connectivity index (χ2n) is 6.31. The lowest BCUT2D eigenvalue weighted by molar-refractivity contribution is -0.137. The maximum atomic E-state index is 12.6. The van der Waals surface area contributed by atoms with E-state index in [1.54, 1.807) is 18.3 Å². The molecule has 2 rings (SSSR count). The predicted octanol–water partition coefficient (Wildman–Crippen LogP) is 4.01. The van der Waals surface area contributed by atoms with Gasteiger partial charge in [0.25, 0.3) is 5.91 Å². The van der Waals surface area contributed by atoms with E-state index in [2.05, 4.69) is 27.9 Å². The lowest BCUT2D eigenvalue weighted by Crippen LogP contribution is -2.20. The monoisotopic (exact) mass is 380 g/mol. The summed E-state index contributed by atoms with van der Waals surface area (Å²) in [5.74, 6) is 0.386. The third-order valence-electron chi connectivity index (χ3n) is 4.03. The number of hydrogen-bond donors (Lipinski definition) is 3. The van der Waals surface area contributed by atoms with Crippen LogP contribution in [0.15, 0.2) is 42.6 Å². The highest BCUT2D eigenvalue weighted by Crippen LogP contribution is 2.30. The van der Waals surface area contributed by atoms with Crippen LogP contribution in [-0.4, -0.2) is 31.0 Å². The number of anilines is 2. The largest absolute Gasteiger partial charge is 0.416 e. The van der Waals surface area contributed by atoms with Gasteiger partial charge in [0.2, 0.25) is 0 Å². The van der Waals surface area contributed by atoms with E-state index in [4.69, 9.17) is 0 Å². The molecule has 0 bridgehead atoms. The van der Waals surface area contributed by atoms with Crippen molar-refractivity contribution in [1.82, 2.24) is 10.3 Å². The quantitative estimate of drug-likeness (QED) is 0.647. The average molecular weight is 380 g/mol. The molecule has 1 aromatic carbocycles. The molecule has 0 fully saturated rings. The number of nitrogens with zero attached hydrogens (tertiary/aromatic N) is 1. The zero-order chi connectivity index (χ0) is 19.9. The van der Waals surface area contributed by atoms with Crippen LogP contribution in [-0.2, 0) is 6.18 Å². The summed E-state index contributed by atoms with van der Waals surface area (Å²) in [5.41, 5.74) is -0.150. The molecule has 0 aliphatic heterocycles. The molecule has 2 aromatic rings. The zero-order valence-corrected chi connectivity index (χ0v) is 15.2. The van der Waals surface area contributed by atoms with Gasteiger partial charge in [-0.25, -0.2) is 4.98 Å². The van der Waals surface area contributed by atoms with Gasteiger partial charge in [0.15, 0.2) is 0 Å². The smallest absolute Gasteiger partial charge is 0.369 e. The molecule has 1 heterocycles. The summed E-state index contributed by atoms with van der Waals surface area (Å²) in [6.07, 6.45) is -1.86. The highest BCUT2D eigenvalue weighted by Gasteiger charge is 2.30. The summed E-state index contributed by atoms with van der Waals surface area (Å²) in [7, 11) is 1.89. The number of alkyl halides is 3. The molecule has 5 nitrogen and oxygen atoms in total. The van der Waals surface area contributed by atoms with E-state index in [0.29, 0.717) is 23.8 Å². The summed E-state index contributed by atoms with van der Waals surface area (Å²) in [6.45, 7) is 3.64. The molecule has 8 heteroatoms. The molecule has 27 heavy (non-hydrogen) atoms. The van der Waals surface area contributed by atoms with Gasteiger partial charge in [-0.1, -0.05) is 6.92 Å². The maximum Gasteiger partial charge on any atom is 0.416 e. The first-order valence-electron chi connectivity index (χ1n) is 8.63. The summed E-state index contributed by atoms with van der Waals surface area (Å²) in [6, 6.07) is 7.57. The van der Waals surface area contributed by atoms with Gasteiger partial charge in [-0.2, -0.15) is 13.2 Å². The maximum absolute atomic E-state index is 12.6. The molecule has 1 atom stereocenters. The molecule has 3 N–H and O–H groups in total. The minimum atomic E-state index is -4.41. The zero-order valence-electron chi connectivity index (χ0n) is 15.2. The molecular formula is C19H23F3N4O. The van der Waals surface area contributed by atoms with Gasteiger partial charge in [0, 0.05) is 18.4 Å². The van der Waals surface area contributed by atoms with Crippen LogP contribution in [0.2, 0.25) is 0 Å².